The summed E-state index contributed by atoms with van der Waals surface area (Å²) >= 11 is 9.90. The minimum atomic E-state index is -0.493. The van der Waals surface area contributed by atoms with E-state index >= 15 is 0 Å². The maximum atomic E-state index is 11.5. The van der Waals surface area contributed by atoms with Crippen LogP contribution in [0.25, 0.3) is 0 Å². The van der Waals surface area contributed by atoms with E-state index in [0.29, 0.717) is 10.5 Å². The van der Waals surface area contributed by atoms with Gasteiger partial charge in [0, 0.05) is 10.5 Å². The van der Waals surface area contributed by atoms with Crippen LogP contribution in [0, 0.1) is 6.92 Å². The highest BCUT2D eigenvalue weighted by atomic mass is 35.5. The highest BCUT2D eigenvalue weighted by molar-refractivity contribution is 7.80. The summed E-state index contributed by atoms with van der Waals surface area (Å²) < 4.78 is 0. The number of aryl methyl sites for hydroxylation is 1. The van der Waals surface area contributed by atoms with Crippen molar-refractivity contribution in [3.8, 4) is 0 Å². The molecule has 1 unspecified atom stereocenters. The number of ketones is 1. The molecule has 1 aromatic rings. The molecule has 3 heteroatoms. The molecule has 0 fully saturated rings. The third-order valence-electron chi connectivity index (χ3n) is 1.78. The number of halogens is 1. The fourth-order valence-electron chi connectivity index (χ4n) is 1.06. The molecule has 0 aromatic heterocycles. The first-order chi connectivity index (χ1) is 6.02. The van der Waals surface area contributed by atoms with Gasteiger partial charge in [-0.2, -0.15) is 0 Å². The van der Waals surface area contributed by atoms with Crippen LogP contribution in [0.4, 0.5) is 0 Å². The number of benzene rings is 1. The normalized spacial score (nSPS) is 12.6. The number of carbonyl (C=O) groups excluding carboxylic acids is 1. The first-order valence-electron chi connectivity index (χ1n) is 4.00. The summed E-state index contributed by atoms with van der Waals surface area (Å²) in [6.45, 7) is 3.60. The van der Waals surface area contributed by atoms with E-state index in [1.165, 1.54) is 0 Å². The Kier molecular flexibility index (Phi) is 3.40. The van der Waals surface area contributed by atoms with Gasteiger partial charge in [0.15, 0.2) is 5.78 Å². The average molecular weight is 215 g/mol. The molecule has 0 amide bonds. The molecule has 0 spiro atoms. The molecular weight excluding hydrogens is 204 g/mol. The second-order valence-electron chi connectivity index (χ2n) is 3.00. The van der Waals surface area contributed by atoms with Gasteiger partial charge >= 0.3 is 0 Å². The quantitative estimate of drug-likeness (QED) is 0.455. The van der Waals surface area contributed by atoms with Gasteiger partial charge in [0.05, 0.1) is 5.38 Å². The van der Waals surface area contributed by atoms with Gasteiger partial charge in [0.25, 0.3) is 0 Å². The molecule has 0 aliphatic carbocycles. The summed E-state index contributed by atoms with van der Waals surface area (Å²) in [6, 6.07) is 5.53. The van der Waals surface area contributed by atoms with Crippen LogP contribution in [0.2, 0.25) is 0 Å². The molecule has 0 bridgehead atoms. The molecule has 0 aliphatic heterocycles. The Morgan fingerprint density at radius 3 is 2.69 bits per heavy atom. The Balaban J connectivity index is 3.13. The Bertz CT molecular complexity index is 334. The zero-order valence-electron chi connectivity index (χ0n) is 7.54. The number of hydrogen-bond acceptors (Lipinski definition) is 2. The fraction of sp³-hybridized carbons (Fsp3) is 0.300. The van der Waals surface area contributed by atoms with E-state index < -0.39 is 5.38 Å². The van der Waals surface area contributed by atoms with Crippen LogP contribution >= 0.6 is 24.2 Å². The van der Waals surface area contributed by atoms with Crippen molar-refractivity contribution in [1.29, 1.82) is 0 Å². The van der Waals surface area contributed by atoms with Crippen molar-refractivity contribution in [2.24, 2.45) is 0 Å². The fourth-order valence-corrected chi connectivity index (χ4v) is 1.43. The van der Waals surface area contributed by atoms with Crippen molar-refractivity contribution in [2.45, 2.75) is 24.1 Å². The van der Waals surface area contributed by atoms with E-state index in [-0.39, 0.29) is 5.78 Å². The van der Waals surface area contributed by atoms with E-state index in [1.54, 1.807) is 6.92 Å². The zero-order chi connectivity index (χ0) is 10.0. The first-order valence-corrected chi connectivity index (χ1v) is 4.88. The highest BCUT2D eigenvalue weighted by Gasteiger charge is 2.14. The summed E-state index contributed by atoms with van der Waals surface area (Å²) in [4.78, 5) is 12.2. The SMILES string of the molecule is Cc1ccc(S)c(C(=O)C(C)Cl)c1. The lowest BCUT2D eigenvalue weighted by molar-refractivity contribution is 0.0989. The monoisotopic (exact) mass is 214 g/mol. The zero-order valence-corrected chi connectivity index (χ0v) is 9.19. The Hall–Kier alpha value is -0.470. The molecule has 1 aromatic carbocycles. The Labute approximate surface area is 88.5 Å². The maximum Gasteiger partial charge on any atom is 0.181 e. The Morgan fingerprint density at radius 2 is 2.15 bits per heavy atom. The van der Waals surface area contributed by atoms with Gasteiger partial charge in [-0.3, -0.25) is 4.79 Å². The predicted octanol–water partition coefficient (Wildman–Crippen LogP) is 3.09. The minimum Gasteiger partial charge on any atom is -0.292 e. The van der Waals surface area contributed by atoms with E-state index in [4.69, 9.17) is 11.6 Å². The maximum absolute atomic E-state index is 11.5. The average Bonchev–Trinajstić information content (AvgIpc) is 2.08. The van der Waals surface area contributed by atoms with E-state index in [0.717, 1.165) is 5.56 Å². The van der Waals surface area contributed by atoms with Crippen molar-refractivity contribution in [3.05, 3.63) is 29.3 Å². The molecule has 0 radical (unpaired) electrons. The van der Waals surface area contributed by atoms with Crippen molar-refractivity contribution in [1.82, 2.24) is 0 Å². The number of alkyl halides is 1. The third kappa shape index (κ3) is 2.48. The standard InChI is InChI=1S/C10H11ClOS/c1-6-3-4-9(13)8(5-6)10(12)7(2)11/h3-5,7,13H,1-2H3. The molecule has 0 aliphatic rings. The van der Waals surface area contributed by atoms with Crippen LogP contribution in [0.15, 0.2) is 23.1 Å². The van der Waals surface area contributed by atoms with Crippen LogP contribution in [0.1, 0.15) is 22.8 Å². The van der Waals surface area contributed by atoms with Gasteiger partial charge in [0.1, 0.15) is 0 Å². The van der Waals surface area contributed by atoms with Crippen molar-refractivity contribution >= 4 is 30.0 Å². The van der Waals surface area contributed by atoms with Gasteiger partial charge in [-0.1, -0.05) is 11.6 Å². The number of carbonyl (C=O) groups is 1. The smallest absolute Gasteiger partial charge is 0.181 e. The molecule has 1 rings (SSSR count). The first kappa shape index (κ1) is 10.6. The summed E-state index contributed by atoms with van der Waals surface area (Å²) in [7, 11) is 0. The molecule has 0 saturated carbocycles. The second kappa shape index (κ2) is 4.16. The third-order valence-corrected chi connectivity index (χ3v) is 2.37. The van der Waals surface area contributed by atoms with Gasteiger partial charge in [-0.15, -0.1) is 24.2 Å². The van der Waals surface area contributed by atoms with E-state index in [2.05, 4.69) is 12.6 Å². The molecule has 0 N–H and O–H groups in total. The molecule has 70 valence electrons. The lowest BCUT2D eigenvalue weighted by atomic mass is 10.1. The summed E-state index contributed by atoms with van der Waals surface area (Å²) in [5.41, 5.74) is 1.64. The van der Waals surface area contributed by atoms with Crippen LogP contribution in [-0.2, 0) is 0 Å². The van der Waals surface area contributed by atoms with Gasteiger partial charge in [0.2, 0.25) is 0 Å². The van der Waals surface area contributed by atoms with Gasteiger partial charge in [-0.05, 0) is 26.0 Å². The number of rotatable bonds is 2. The molecule has 1 atom stereocenters. The number of Topliss-reactive ketones (excluding diaryl/α,β-unsaturated/α-hetero) is 1. The van der Waals surface area contributed by atoms with Crippen LogP contribution in [-0.4, -0.2) is 11.2 Å². The molecular formula is C10H11ClOS. The Morgan fingerprint density at radius 1 is 1.54 bits per heavy atom. The topological polar surface area (TPSA) is 17.1 Å². The largest absolute Gasteiger partial charge is 0.292 e. The second-order valence-corrected chi connectivity index (χ2v) is 4.14. The number of hydrogen-bond donors (Lipinski definition) is 1. The minimum absolute atomic E-state index is 0.0737. The van der Waals surface area contributed by atoms with Gasteiger partial charge in [-0.25, -0.2) is 0 Å². The predicted molar refractivity (Wildman–Crippen MR) is 58.1 cm³/mol. The molecule has 0 saturated heterocycles. The van der Waals surface area contributed by atoms with Crippen molar-refractivity contribution in [2.75, 3.05) is 0 Å². The van der Waals surface area contributed by atoms with Crippen LogP contribution in [0.5, 0.6) is 0 Å². The molecule has 1 nitrogen and oxygen atoms in total. The lowest BCUT2D eigenvalue weighted by Crippen LogP contribution is -2.11. The van der Waals surface area contributed by atoms with E-state index in [1.807, 2.05) is 25.1 Å². The number of thiol groups is 1. The van der Waals surface area contributed by atoms with Crippen LogP contribution < -0.4 is 0 Å². The summed E-state index contributed by atoms with van der Waals surface area (Å²) in [5.74, 6) is -0.0737. The van der Waals surface area contributed by atoms with Crippen LogP contribution in [0.3, 0.4) is 0 Å². The van der Waals surface area contributed by atoms with Crippen molar-refractivity contribution < 1.29 is 4.79 Å². The summed E-state index contributed by atoms with van der Waals surface area (Å²) in [6.07, 6.45) is 0. The van der Waals surface area contributed by atoms with Crippen molar-refractivity contribution in [3.63, 3.8) is 0 Å². The van der Waals surface area contributed by atoms with Gasteiger partial charge < -0.3 is 0 Å². The highest BCUT2D eigenvalue weighted by Crippen LogP contribution is 2.18. The molecule has 0 heterocycles. The lowest BCUT2D eigenvalue weighted by Gasteiger charge is -2.06. The summed E-state index contributed by atoms with van der Waals surface area (Å²) in [5, 5.41) is -0.493. The van der Waals surface area contributed by atoms with E-state index in [9.17, 15) is 4.79 Å². The molecule has 13 heavy (non-hydrogen) atoms.